The van der Waals surface area contributed by atoms with Crippen molar-refractivity contribution in [3.05, 3.63) is 0 Å². The summed E-state index contributed by atoms with van der Waals surface area (Å²) in [5.74, 6) is 1.08. The summed E-state index contributed by atoms with van der Waals surface area (Å²) < 4.78 is 37.0. The van der Waals surface area contributed by atoms with Gasteiger partial charge in [0.2, 0.25) is 0 Å². The Hall–Kier alpha value is -0.620. The predicted molar refractivity (Wildman–Crippen MR) is 75.1 cm³/mol. The minimum atomic E-state index is -4.12. The second-order valence-corrected chi connectivity index (χ2v) is 6.40. The van der Waals surface area contributed by atoms with Crippen LogP contribution >= 0.6 is 0 Å². The standard InChI is InChI=1S/C15H25F3N2O/c1-2-12-3-4-14(21)13(9-12)10-19-5-7-20(8-6-19)11-15(16,17)18/h12-13H,2-11H2,1H3. The van der Waals surface area contributed by atoms with Crippen LogP contribution in [0.5, 0.6) is 0 Å². The third kappa shape index (κ3) is 5.25. The fourth-order valence-corrected chi connectivity index (χ4v) is 3.44. The fraction of sp³-hybridized carbons (Fsp3) is 0.933. The fourth-order valence-electron chi connectivity index (χ4n) is 3.44. The van der Waals surface area contributed by atoms with Crippen molar-refractivity contribution in [1.29, 1.82) is 0 Å². The normalized spacial score (nSPS) is 29.8. The molecule has 2 fully saturated rings. The summed E-state index contributed by atoms with van der Waals surface area (Å²) in [6.45, 7) is 4.23. The number of alkyl halides is 3. The Morgan fingerprint density at radius 3 is 2.33 bits per heavy atom. The zero-order chi connectivity index (χ0) is 15.5. The van der Waals surface area contributed by atoms with E-state index in [0.717, 1.165) is 25.8 Å². The molecule has 0 aromatic heterocycles. The van der Waals surface area contributed by atoms with Gasteiger partial charge in [0.1, 0.15) is 5.78 Å². The number of carbonyl (C=O) groups excluding carboxylic acids is 1. The summed E-state index contributed by atoms with van der Waals surface area (Å²) in [6.07, 6.45) is -0.362. The van der Waals surface area contributed by atoms with E-state index in [1.165, 1.54) is 4.90 Å². The van der Waals surface area contributed by atoms with Gasteiger partial charge in [0.25, 0.3) is 0 Å². The van der Waals surface area contributed by atoms with Gasteiger partial charge in [0, 0.05) is 45.1 Å². The van der Waals surface area contributed by atoms with E-state index >= 15 is 0 Å². The molecule has 2 aliphatic rings. The van der Waals surface area contributed by atoms with Crippen molar-refractivity contribution in [1.82, 2.24) is 9.80 Å². The van der Waals surface area contributed by atoms with Gasteiger partial charge in [-0.25, -0.2) is 0 Å². The van der Waals surface area contributed by atoms with Gasteiger partial charge in [-0.05, 0) is 18.8 Å². The van der Waals surface area contributed by atoms with E-state index in [1.54, 1.807) is 0 Å². The van der Waals surface area contributed by atoms with E-state index in [1.807, 2.05) is 0 Å². The monoisotopic (exact) mass is 306 g/mol. The average Bonchev–Trinajstić information content (AvgIpc) is 2.42. The lowest BCUT2D eigenvalue weighted by Crippen LogP contribution is -2.51. The van der Waals surface area contributed by atoms with Crippen LogP contribution in [0.4, 0.5) is 13.2 Å². The molecule has 1 heterocycles. The Morgan fingerprint density at radius 2 is 1.76 bits per heavy atom. The van der Waals surface area contributed by atoms with E-state index in [9.17, 15) is 18.0 Å². The Kier molecular flexibility index (Phi) is 5.66. The molecule has 21 heavy (non-hydrogen) atoms. The first-order chi connectivity index (χ1) is 9.87. The molecule has 0 bridgehead atoms. The van der Waals surface area contributed by atoms with Crippen LogP contribution in [0.2, 0.25) is 0 Å². The maximum absolute atomic E-state index is 12.3. The molecule has 2 unspecified atom stereocenters. The van der Waals surface area contributed by atoms with Gasteiger partial charge in [-0.3, -0.25) is 9.69 Å². The van der Waals surface area contributed by atoms with Gasteiger partial charge >= 0.3 is 6.18 Å². The molecule has 122 valence electrons. The molecule has 0 aromatic carbocycles. The lowest BCUT2D eigenvalue weighted by Gasteiger charge is -2.38. The number of hydrogen-bond acceptors (Lipinski definition) is 3. The first-order valence-electron chi connectivity index (χ1n) is 7.91. The van der Waals surface area contributed by atoms with Crippen LogP contribution in [-0.4, -0.2) is 61.0 Å². The van der Waals surface area contributed by atoms with Crippen molar-refractivity contribution < 1.29 is 18.0 Å². The summed E-state index contributed by atoms with van der Waals surface area (Å²) in [5, 5.41) is 0. The molecule has 2 atom stereocenters. The second kappa shape index (κ2) is 7.09. The number of nitrogens with zero attached hydrogens (tertiary/aromatic N) is 2. The van der Waals surface area contributed by atoms with Gasteiger partial charge in [0.15, 0.2) is 0 Å². The third-order valence-electron chi connectivity index (χ3n) is 4.80. The number of Topliss-reactive ketones (excluding diaryl/α,β-unsaturated/α-hetero) is 1. The Bertz CT molecular complexity index is 351. The maximum Gasteiger partial charge on any atom is 0.401 e. The molecule has 0 spiro atoms. The zero-order valence-electron chi connectivity index (χ0n) is 12.7. The van der Waals surface area contributed by atoms with E-state index in [2.05, 4.69) is 11.8 Å². The summed E-state index contributed by atoms with van der Waals surface area (Å²) in [6, 6.07) is 0. The van der Waals surface area contributed by atoms with Crippen LogP contribution in [0.3, 0.4) is 0 Å². The number of halogens is 3. The quantitative estimate of drug-likeness (QED) is 0.797. The molecular formula is C15H25F3N2O. The highest BCUT2D eigenvalue weighted by Crippen LogP contribution is 2.29. The first-order valence-corrected chi connectivity index (χ1v) is 7.91. The van der Waals surface area contributed by atoms with Gasteiger partial charge in [0.05, 0.1) is 6.54 Å². The van der Waals surface area contributed by atoms with E-state index in [0.29, 0.717) is 44.3 Å². The highest BCUT2D eigenvalue weighted by atomic mass is 19.4. The lowest BCUT2D eigenvalue weighted by molar-refractivity contribution is -0.149. The van der Waals surface area contributed by atoms with Crippen LogP contribution in [0.25, 0.3) is 0 Å². The molecule has 0 amide bonds. The van der Waals surface area contributed by atoms with Crippen LogP contribution < -0.4 is 0 Å². The Balaban J connectivity index is 1.76. The molecule has 1 aliphatic heterocycles. The van der Waals surface area contributed by atoms with Crippen molar-refractivity contribution in [2.45, 2.75) is 38.8 Å². The van der Waals surface area contributed by atoms with E-state index in [-0.39, 0.29) is 5.92 Å². The molecule has 1 aliphatic carbocycles. The first kappa shape index (κ1) is 16.7. The average molecular weight is 306 g/mol. The van der Waals surface area contributed by atoms with Gasteiger partial charge in [-0.2, -0.15) is 13.2 Å². The minimum absolute atomic E-state index is 0.0952. The summed E-state index contributed by atoms with van der Waals surface area (Å²) >= 11 is 0. The summed E-state index contributed by atoms with van der Waals surface area (Å²) in [4.78, 5) is 15.6. The highest BCUT2D eigenvalue weighted by Gasteiger charge is 2.34. The van der Waals surface area contributed by atoms with Crippen molar-refractivity contribution in [3.63, 3.8) is 0 Å². The van der Waals surface area contributed by atoms with Crippen molar-refractivity contribution in [3.8, 4) is 0 Å². The van der Waals surface area contributed by atoms with Gasteiger partial charge in [-0.15, -0.1) is 0 Å². The van der Waals surface area contributed by atoms with Crippen molar-refractivity contribution in [2.75, 3.05) is 39.3 Å². The van der Waals surface area contributed by atoms with Crippen LogP contribution in [-0.2, 0) is 4.79 Å². The second-order valence-electron chi connectivity index (χ2n) is 6.40. The van der Waals surface area contributed by atoms with Crippen LogP contribution in [0, 0.1) is 11.8 Å². The third-order valence-corrected chi connectivity index (χ3v) is 4.80. The summed E-state index contributed by atoms with van der Waals surface area (Å²) in [5.41, 5.74) is 0. The van der Waals surface area contributed by atoms with Crippen molar-refractivity contribution in [2.24, 2.45) is 11.8 Å². The number of ketones is 1. The molecule has 0 N–H and O–H groups in total. The van der Waals surface area contributed by atoms with E-state index < -0.39 is 12.7 Å². The molecule has 1 saturated heterocycles. The number of hydrogen-bond donors (Lipinski definition) is 0. The molecule has 6 heteroatoms. The zero-order valence-corrected chi connectivity index (χ0v) is 12.7. The highest BCUT2D eigenvalue weighted by molar-refractivity contribution is 5.81. The lowest BCUT2D eigenvalue weighted by atomic mass is 9.79. The van der Waals surface area contributed by atoms with Gasteiger partial charge < -0.3 is 4.90 Å². The molecular weight excluding hydrogens is 281 g/mol. The maximum atomic E-state index is 12.3. The Morgan fingerprint density at radius 1 is 1.14 bits per heavy atom. The molecule has 0 aromatic rings. The van der Waals surface area contributed by atoms with E-state index in [4.69, 9.17) is 0 Å². The topological polar surface area (TPSA) is 23.6 Å². The number of piperazine rings is 1. The smallest absolute Gasteiger partial charge is 0.300 e. The minimum Gasteiger partial charge on any atom is -0.300 e. The molecule has 1 saturated carbocycles. The molecule has 0 radical (unpaired) electrons. The SMILES string of the molecule is CCC1CCC(=O)C(CN2CCN(CC(F)(F)F)CC2)C1. The van der Waals surface area contributed by atoms with Gasteiger partial charge in [-0.1, -0.05) is 13.3 Å². The molecule has 2 rings (SSSR count). The number of carbonyl (C=O) groups is 1. The molecule has 3 nitrogen and oxygen atoms in total. The summed E-state index contributed by atoms with van der Waals surface area (Å²) in [7, 11) is 0. The predicted octanol–water partition coefficient (Wildman–Crippen LogP) is 2.56. The number of rotatable bonds is 4. The Labute approximate surface area is 124 Å². The largest absolute Gasteiger partial charge is 0.401 e. The van der Waals surface area contributed by atoms with Crippen LogP contribution in [0.1, 0.15) is 32.6 Å². The van der Waals surface area contributed by atoms with Crippen LogP contribution in [0.15, 0.2) is 0 Å². The van der Waals surface area contributed by atoms with Crippen molar-refractivity contribution >= 4 is 5.78 Å².